The van der Waals surface area contributed by atoms with Crippen molar-refractivity contribution in [3.05, 3.63) is 47.1 Å². The molecule has 18 heavy (non-hydrogen) atoms. The van der Waals surface area contributed by atoms with Crippen molar-refractivity contribution in [2.75, 3.05) is 11.1 Å². The van der Waals surface area contributed by atoms with Gasteiger partial charge in [0.15, 0.2) is 0 Å². The van der Waals surface area contributed by atoms with Crippen molar-refractivity contribution in [2.24, 2.45) is 0 Å². The van der Waals surface area contributed by atoms with E-state index >= 15 is 0 Å². The van der Waals surface area contributed by atoms with Crippen LogP contribution in [0.25, 0.3) is 0 Å². The summed E-state index contributed by atoms with van der Waals surface area (Å²) in [6.45, 7) is 0. The molecular weight excluding hydrogens is 259 g/mol. The van der Waals surface area contributed by atoms with Gasteiger partial charge in [-0.15, -0.1) is 0 Å². The molecule has 0 fully saturated rings. The van der Waals surface area contributed by atoms with Gasteiger partial charge in [0.05, 0.1) is 5.56 Å². The highest BCUT2D eigenvalue weighted by Gasteiger charge is 2.11. The smallest absolute Gasteiger partial charge is 0.259 e. The molecule has 1 aromatic heterocycles. The summed E-state index contributed by atoms with van der Waals surface area (Å²) in [5.41, 5.74) is 5.79. The molecule has 0 atom stereocenters. The minimum Gasteiger partial charge on any atom is -0.398 e. The molecule has 1 heterocycles. The Balaban J connectivity index is 2.24. The average Bonchev–Trinajstić information content (AvgIpc) is 2.32. The molecule has 92 valence electrons. The van der Waals surface area contributed by atoms with E-state index in [1.165, 1.54) is 24.5 Å². The van der Waals surface area contributed by atoms with Crippen LogP contribution < -0.4 is 11.1 Å². The molecule has 0 saturated carbocycles. The molecular formula is C11H8ClFN4O. The van der Waals surface area contributed by atoms with Crippen LogP contribution in [0.1, 0.15) is 10.4 Å². The number of hydrogen-bond acceptors (Lipinski definition) is 4. The normalized spacial score (nSPS) is 10.1. The second kappa shape index (κ2) is 4.97. The van der Waals surface area contributed by atoms with Crippen molar-refractivity contribution >= 4 is 29.0 Å². The first-order valence-electron chi connectivity index (χ1n) is 4.90. The molecule has 2 rings (SSSR count). The molecule has 0 aliphatic carbocycles. The van der Waals surface area contributed by atoms with Gasteiger partial charge in [0, 0.05) is 11.8 Å². The van der Waals surface area contributed by atoms with Crippen molar-refractivity contribution in [3.63, 3.8) is 0 Å². The fraction of sp³-hybridized carbons (Fsp3) is 0. The number of nitrogens with two attached hydrogens (primary N) is 1. The molecule has 1 amide bonds. The number of nitrogens with zero attached hydrogens (tertiary/aromatic N) is 2. The first-order valence-corrected chi connectivity index (χ1v) is 5.28. The predicted octanol–water partition coefficient (Wildman–Crippen LogP) is 2.10. The molecule has 7 heteroatoms. The SMILES string of the molecule is Nc1ccc(F)cc1C(=O)Nc1cc(Cl)ncn1. The van der Waals surface area contributed by atoms with Crippen molar-refractivity contribution in [3.8, 4) is 0 Å². The quantitative estimate of drug-likeness (QED) is 0.644. The van der Waals surface area contributed by atoms with Crippen LogP contribution in [0, 0.1) is 5.82 Å². The van der Waals surface area contributed by atoms with Gasteiger partial charge in [-0.1, -0.05) is 11.6 Å². The lowest BCUT2D eigenvalue weighted by molar-refractivity contribution is 0.102. The number of nitrogens with one attached hydrogen (secondary N) is 1. The second-order valence-electron chi connectivity index (χ2n) is 3.41. The molecule has 0 spiro atoms. The zero-order chi connectivity index (χ0) is 13.1. The third kappa shape index (κ3) is 2.72. The fourth-order valence-corrected chi connectivity index (χ4v) is 1.46. The summed E-state index contributed by atoms with van der Waals surface area (Å²) in [4.78, 5) is 19.3. The van der Waals surface area contributed by atoms with Crippen molar-refractivity contribution in [1.29, 1.82) is 0 Å². The van der Waals surface area contributed by atoms with E-state index in [0.717, 1.165) is 6.07 Å². The van der Waals surface area contributed by atoms with Crippen LogP contribution in [0.2, 0.25) is 5.15 Å². The molecule has 0 unspecified atom stereocenters. The monoisotopic (exact) mass is 266 g/mol. The van der Waals surface area contributed by atoms with E-state index in [2.05, 4.69) is 15.3 Å². The first-order chi connectivity index (χ1) is 8.56. The summed E-state index contributed by atoms with van der Waals surface area (Å²) >= 11 is 5.64. The highest BCUT2D eigenvalue weighted by Crippen LogP contribution is 2.16. The van der Waals surface area contributed by atoms with E-state index in [1.807, 2.05) is 0 Å². The molecule has 3 N–H and O–H groups in total. The average molecular weight is 267 g/mol. The summed E-state index contributed by atoms with van der Waals surface area (Å²) in [6.07, 6.45) is 1.20. The molecule has 0 saturated heterocycles. The molecule has 2 aromatic rings. The zero-order valence-electron chi connectivity index (χ0n) is 9.02. The van der Waals surface area contributed by atoms with Gasteiger partial charge in [-0.25, -0.2) is 14.4 Å². The Hall–Kier alpha value is -2.21. The largest absolute Gasteiger partial charge is 0.398 e. The van der Waals surface area contributed by atoms with Crippen LogP contribution in [0.15, 0.2) is 30.6 Å². The number of anilines is 2. The Morgan fingerprint density at radius 2 is 2.11 bits per heavy atom. The number of aromatic nitrogens is 2. The van der Waals surface area contributed by atoms with Crippen molar-refractivity contribution in [1.82, 2.24) is 9.97 Å². The third-order valence-electron chi connectivity index (χ3n) is 2.14. The van der Waals surface area contributed by atoms with Crippen molar-refractivity contribution in [2.45, 2.75) is 0 Å². The summed E-state index contributed by atoms with van der Waals surface area (Å²) in [6, 6.07) is 4.91. The Bertz CT molecular complexity index is 605. The van der Waals surface area contributed by atoms with Crippen LogP contribution in [-0.2, 0) is 0 Å². The van der Waals surface area contributed by atoms with Crippen LogP contribution in [0.5, 0.6) is 0 Å². The highest BCUT2D eigenvalue weighted by molar-refractivity contribution is 6.29. The molecule has 0 aliphatic heterocycles. The van der Waals surface area contributed by atoms with Gasteiger partial charge < -0.3 is 11.1 Å². The maximum atomic E-state index is 13.0. The van der Waals surface area contributed by atoms with Crippen LogP contribution >= 0.6 is 11.6 Å². The number of rotatable bonds is 2. The number of halogens is 2. The minimum absolute atomic E-state index is 0.0322. The van der Waals surface area contributed by atoms with Crippen LogP contribution in [0.4, 0.5) is 15.9 Å². The number of hydrogen-bond donors (Lipinski definition) is 2. The Morgan fingerprint density at radius 1 is 1.33 bits per heavy atom. The van der Waals surface area contributed by atoms with Crippen LogP contribution in [0.3, 0.4) is 0 Å². The van der Waals surface area contributed by atoms with Gasteiger partial charge >= 0.3 is 0 Å². The summed E-state index contributed by atoms with van der Waals surface area (Å²) < 4.78 is 13.0. The Labute approximate surface area is 107 Å². The zero-order valence-corrected chi connectivity index (χ0v) is 9.78. The van der Waals surface area contributed by atoms with E-state index in [9.17, 15) is 9.18 Å². The van der Waals surface area contributed by atoms with E-state index < -0.39 is 11.7 Å². The second-order valence-corrected chi connectivity index (χ2v) is 3.80. The molecule has 0 bridgehead atoms. The molecule has 5 nitrogen and oxygen atoms in total. The van der Waals surface area contributed by atoms with E-state index in [4.69, 9.17) is 17.3 Å². The lowest BCUT2D eigenvalue weighted by Crippen LogP contribution is -2.15. The standard InChI is InChI=1S/C11H8ClFN4O/c12-9-4-10(16-5-15-9)17-11(18)7-3-6(13)1-2-8(7)14/h1-5H,14H2,(H,15,16,17,18). The maximum absolute atomic E-state index is 13.0. The van der Waals surface area contributed by atoms with Crippen LogP contribution in [-0.4, -0.2) is 15.9 Å². The molecule has 0 radical (unpaired) electrons. The Morgan fingerprint density at radius 3 is 2.83 bits per heavy atom. The van der Waals surface area contributed by atoms with Gasteiger partial charge in [0.25, 0.3) is 5.91 Å². The lowest BCUT2D eigenvalue weighted by atomic mass is 10.1. The topological polar surface area (TPSA) is 80.9 Å². The number of benzene rings is 1. The van der Waals surface area contributed by atoms with Gasteiger partial charge in [0.1, 0.15) is 23.1 Å². The maximum Gasteiger partial charge on any atom is 0.259 e. The number of carbonyl (C=O) groups is 1. The number of nitrogen functional groups attached to an aromatic ring is 1. The summed E-state index contributed by atoms with van der Waals surface area (Å²) in [5, 5.41) is 2.63. The minimum atomic E-state index is -0.568. The predicted molar refractivity (Wildman–Crippen MR) is 65.8 cm³/mol. The van der Waals surface area contributed by atoms with E-state index in [-0.39, 0.29) is 22.2 Å². The van der Waals surface area contributed by atoms with Gasteiger partial charge in [-0.05, 0) is 18.2 Å². The molecule has 1 aromatic carbocycles. The Kier molecular flexibility index (Phi) is 3.38. The number of amides is 1. The first kappa shape index (κ1) is 12.3. The van der Waals surface area contributed by atoms with Gasteiger partial charge in [-0.2, -0.15) is 0 Å². The lowest BCUT2D eigenvalue weighted by Gasteiger charge is -2.06. The summed E-state index contributed by atoms with van der Waals surface area (Å²) in [7, 11) is 0. The van der Waals surface area contributed by atoms with Gasteiger partial charge in [-0.3, -0.25) is 4.79 Å². The van der Waals surface area contributed by atoms with E-state index in [1.54, 1.807) is 0 Å². The van der Waals surface area contributed by atoms with E-state index in [0.29, 0.717) is 0 Å². The highest BCUT2D eigenvalue weighted by atomic mass is 35.5. The van der Waals surface area contributed by atoms with Crippen molar-refractivity contribution < 1.29 is 9.18 Å². The fourth-order valence-electron chi connectivity index (χ4n) is 1.31. The third-order valence-corrected chi connectivity index (χ3v) is 2.34. The number of carbonyl (C=O) groups excluding carboxylic acids is 1. The van der Waals surface area contributed by atoms with Gasteiger partial charge in [0.2, 0.25) is 0 Å². The summed E-state index contributed by atoms with van der Waals surface area (Å²) in [5.74, 6) is -0.902. The molecule has 0 aliphatic rings.